The summed E-state index contributed by atoms with van der Waals surface area (Å²) >= 11 is 12.6. The minimum Gasteiger partial charge on any atom is -0.497 e. The molecule has 0 spiro atoms. The van der Waals surface area contributed by atoms with Crippen molar-refractivity contribution in [3.05, 3.63) is 75.0 Å². The van der Waals surface area contributed by atoms with Crippen LogP contribution in [0.25, 0.3) is 0 Å². The van der Waals surface area contributed by atoms with Crippen LogP contribution in [0.15, 0.2) is 42.5 Å². The van der Waals surface area contributed by atoms with E-state index in [0.717, 1.165) is 5.56 Å². The minimum atomic E-state index is -0.742. The monoisotopic (exact) mass is 462 g/mol. The molecule has 0 radical (unpaired) electrons. The molecule has 1 aromatic heterocycles. The van der Waals surface area contributed by atoms with E-state index < -0.39 is 18.4 Å². The van der Waals surface area contributed by atoms with E-state index in [1.54, 1.807) is 31.2 Å². The highest BCUT2D eigenvalue weighted by atomic mass is 35.5. The van der Waals surface area contributed by atoms with Gasteiger partial charge in [0, 0.05) is 11.1 Å². The Hall–Kier alpha value is -3.03. The van der Waals surface area contributed by atoms with Crippen molar-refractivity contribution in [1.29, 1.82) is 0 Å². The van der Waals surface area contributed by atoms with Crippen molar-refractivity contribution < 1.29 is 23.8 Å². The summed E-state index contributed by atoms with van der Waals surface area (Å²) < 4.78 is 17.0. The topological polar surface area (TPSA) is 79.7 Å². The molecule has 0 aliphatic rings. The van der Waals surface area contributed by atoms with Gasteiger partial charge in [-0.3, -0.25) is 4.79 Å². The number of rotatable bonds is 8. The van der Waals surface area contributed by atoms with Crippen molar-refractivity contribution in [1.82, 2.24) is 9.78 Å². The molecule has 0 fully saturated rings. The largest absolute Gasteiger partial charge is 0.497 e. The van der Waals surface area contributed by atoms with Gasteiger partial charge >= 0.3 is 5.97 Å². The van der Waals surface area contributed by atoms with Gasteiger partial charge in [0.15, 0.2) is 6.61 Å². The molecule has 0 unspecified atom stereocenters. The number of aromatic nitrogens is 2. The van der Waals surface area contributed by atoms with E-state index in [0.29, 0.717) is 22.2 Å². The number of aryl methyl sites for hydroxylation is 1. The molecule has 7 nitrogen and oxygen atoms in total. The molecule has 0 atom stereocenters. The van der Waals surface area contributed by atoms with Gasteiger partial charge in [-0.15, -0.1) is 0 Å². The van der Waals surface area contributed by atoms with Crippen molar-refractivity contribution in [2.45, 2.75) is 13.5 Å². The highest BCUT2D eigenvalue weighted by Gasteiger charge is 2.24. The molecule has 0 saturated heterocycles. The molecule has 2 aromatic carbocycles. The van der Waals surface area contributed by atoms with Crippen molar-refractivity contribution in [3.63, 3.8) is 0 Å². The molecular weight excluding hydrogens is 443 g/mol. The molecule has 0 bridgehead atoms. The zero-order valence-corrected chi connectivity index (χ0v) is 18.7. The van der Waals surface area contributed by atoms with Gasteiger partial charge in [-0.05, 0) is 30.7 Å². The number of hydrogen-bond acceptors (Lipinski definition) is 6. The Bertz CT molecular complexity index is 1130. The molecule has 0 aliphatic heterocycles. The van der Waals surface area contributed by atoms with Crippen molar-refractivity contribution >= 4 is 35.0 Å². The molecule has 3 rings (SSSR count). The first-order valence-electron chi connectivity index (χ1n) is 9.24. The van der Waals surface area contributed by atoms with E-state index in [1.807, 2.05) is 18.2 Å². The number of halogens is 2. The normalized spacial score (nSPS) is 10.6. The van der Waals surface area contributed by atoms with Gasteiger partial charge in [0.2, 0.25) is 5.78 Å². The van der Waals surface area contributed by atoms with Crippen LogP contribution in [0.3, 0.4) is 0 Å². The Labute approximate surface area is 189 Å². The van der Waals surface area contributed by atoms with E-state index in [1.165, 1.54) is 18.9 Å². The maximum Gasteiger partial charge on any atom is 0.343 e. The fourth-order valence-corrected chi connectivity index (χ4v) is 3.49. The van der Waals surface area contributed by atoms with Gasteiger partial charge in [0.1, 0.15) is 22.2 Å². The third-order valence-corrected chi connectivity index (χ3v) is 5.34. The van der Waals surface area contributed by atoms with Crippen molar-refractivity contribution in [2.75, 3.05) is 20.8 Å². The van der Waals surface area contributed by atoms with E-state index >= 15 is 0 Å². The number of benzene rings is 2. The number of ether oxygens (including phenoxy) is 3. The molecule has 1 heterocycles. The highest BCUT2D eigenvalue weighted by molar-refractivity contribution is 6.33. The zero-order valence-electron chi connectivity index (χ0n) is 17.1. The Balaban J connectivity index is 1.73. The quantitative estimate of drug-likeness (QED) is 0.359. The molecular formula is C22H20Cl2N2O5. The van der Waals surface area contributed by atoms with Crippen LogP contribution < -0.4 is 9.47 Å². The Morgan fingerprint density at radius 2 is 1.81 bits per heavy atom. The van der Waals surface area contributed by atoms with Gasteiger partial charge in [-0.1, -0.05) is 41.4 Å². The maximum atomic E-state index is 12.6. The molecule has 9 heteroatoms. The molecule has 0 amide bonds. The van der Waals surface area contributed by atoms with Gasteiger partial charge in [-0.2, -0.15) is 5.10 Å². The second-order valence-electron chi connectivity index (χ2n) is 6.57. The lowest BCUT2D eigenvalue weighted by Gasteiger charge is -2.10. The number of Topliss-reactive ketones (excluding diaryl/α,β-unsaturated/α-hetero) is 1. The maximum absolute atomic E-state index is 12.6. The average Bonchev–Trinajstić information content (AvgIpc) is 3.05. The lowest BCUT2D eigenvalue weighted by Crippen LogP contribution is -2.15. The first-order chi connectivity index (χ1) is 14.8. The predicted octanol–water partition coefficient (Wildman–Crippen LogP) is 4.60. The van der Waals surface area contributed by atoms with Crippen LogP contribution in [-0.4, -0.2) is 42.4 Å². The summed E-state index contributed by atoms with van der Waals surface area (Å²) in [5.41, 5.74) is 1.56. The summed E-state index contributed by atoms with van der Waals surface area (Å²) in [4.78, 5) is 25.2. The predicted molar refractivity (Wildman–Crippen MR) is 117 cm³/mol. The minimum absolute atomic E-state index is 0.100. The molecule has 31 heavy (non-hydrogen) atoms. The number of esters is 1. The smallest absolute Gasteiger partial charge is 0.343 e. The molecule has 0 N–H and O–H groups in total. The summed E-state index contributed by atoms with van der Waals surface area (Å²) in [6, 6.07) is 12.0. The standard InChI is InChI=1S/C22H20Cl2N2O5/c1-13-20(21(24)26(25-13)11-14-6-4-5-7-17(14)23)22(28)31-12-18(27)16-9-8-15(29-2)10-19(16)30-3/h4-10H,11-12H2,1-3H3. The van der Waals surface area contributed by atoms with Crippen LogP contribution in [0.5, 0.6) is 11.5 Å². The van der Waals surface area contributed by atoms with Crippen LogP contribution in [-0.2, 0) is 11.3 Å². The Morgan fingerprint density at radius 3 is 2.48 bits per heavy atom. The summed E-state index contributed by atoms with van der Waals surface area (Å²) in [5, 5.41) is 4.98. The SMILES string of the molecule is COc1ccc(C(=O)COC(=O)c2c(C)nn(Cc3ccccc3Cl)c2Cl)c(OC)c1. The zero-order chi connectivity index (χ0) is 22.5. The number of ketones is 1. The lowest BCUT2D eigenvalue weighted by atomic mass is 10.1. The summed E-state index contributed by atoms with van der Waals surface area (Å²) in [6.45, 7) is 1.45. The van der Waals surface area contributed by atoms with Crippen LogP contribution in [0.4, 0.5) is 0 Å². The van der Waals surface area contributed by atoms with E-state index in [-0.39, 0.29) is 22.8 Å². The summed E-state index contributed by atoms with van der Waals surface area (Å²) in [7, 11) is 2.95. The second-order valence-corrected chi connectivity index (χ2v) is 7.33. The molecule has 0 aliphatic carbocycles. The van der Waals surface area contributed by atoms with Crippen LogP contribution in [0.2, 0.25) is 10.2 Å². The lowest BCUT2D eigenvalue weighted by molar-refractivity contribution is 0.0473. The van der Waals surface area contributed by atoms with Crippen LogP contribution in [0.1, 0.15) is 32.0 Å². The van der Waals surface area contributed by atoms with Crippen molar-refractivity contribution in [3.8, 4) is 11.5 Å². The number of methoxy groups -OCH3 is 2. The fourth-order valence-electron chi connectivity index (χ4n) is 2.99. The number of carbonyl (C=O) groups excluding carboxylic acids is 2. The van der Waals surface area contributed by atoms with E-state index in [4.69, 9.17) is 37.4 Å². The molecule has 3 aromatic rings. The summed E-state index contributed by atoms with van der Waals surface area (Å²) in [6.07, 6.45) is 0. The van der Waals surface area contributed by atoms with Crippen LogP contribution >= 0.6 is 23.2 Å². The number of carbonyl (C=O) groups is 2. The highest BCUT2D eigenvalue weighted by Crippen LogP contribution is 2.26. The third kappa shape index (κ3) is 5.00. The van der Waals surface area contributed by atoms with Gasteiger partial charge in [0.05, 0.1) is 32.0 Å². The Kier molecular flexibility index (Phi) is 7.20. The van der Waals surface area contributed by atoms with Gasteiger partial charge in [0.25, 0.3) is 0 Å². The summed E-state index contributed by atoms with van der Waals surface area (Å²) in [5.74, 6) is -0.306. The Morgan fingerprint density at radius 1 is 1.06 bits per heavy atom. The van der Waals surface area contributed by atoms with Gasteiger partial charge in [-0.25, -0.2) is 9.48 Å². The molecule has 162 valence electrons. The first-order valence-corrected chi connectivity index (χ1v) is 10.00. The first kappa shape index (κ1) is 22.7. The van der Waals surface area contributed by atoms with E-state index in [9.17, 15) is 9.59 Å². The fraction of sp³-hybridized carbons (Fsp3) is 0.227. The third-order valence-electron chi connectivity index (χ3n) is 4.59. The number of hydrogen-bond donors (Lipinski definition) is 0. The number of nitrogens with zero attached hydrogens (tertiary/aromatic N) is 2. The van der Waals surface area contributed by atoms with Crippen LogP contribution in [0, 0.1) is 6.92 Å². The second kappa shape index (κ2) is 9.85. The van der Waals surface area contributed by atoms with E-state index in [2.05, 4.69) is 5.10 Å². The van der Waals surface area contributed by atoms with Crippen molar-refractivity contribution in [2.24, 2.45) is 0 Å². The average molecular weight is 463 g/mol. The molecule has 0 saturated carbocycles. The van der Waals surface area contributed by atoms with Gasteiger partial charge < -0.3 is 14.2 Å².